The zero-order valence-electron chi connectivity index (χ0n) is 12.8. The third-order valence-electron chi connectivity index (χ3n) is 3.50. The van der Waals surface area contributed by atoms with Crippen LogP contribution in [0, 0.1) is 13.8 Å². The maximum absolute atomic E-state index is 10.6. The molecule has 2 N–H and O–H groups in total. The van der Waals surface area contributed by atoms with Gasteiger partial charge in [-0.05, 0) is 57.4 Å². The van der Waals surface area contributed by atoms with Crippen LogP contribution in [0.1, 0.15) is 43.4 Å². The second kappa shape index (κ2) is 7.29. The quantitative estimate of drug-likeness (QED) is 0.805. The number of carbonyl (C=O) groups is 1. The van der Waals surface area contributed by atoms with Crippen molar-refractivity contribution in [2.45, 2.75) is 53.1 Å². The highest BCUT2D eigenvalue weighted by atomic mass is 16.4. The van der Waals surface area contributed by atoms with Crippen LogP contribution in [-0.4, -0.2) is 33.7 Å². The summed E-state index contributed by atoms with van der Waals surface area (Å²) in [5.74, 6) is -0.388. The minimum Gasteiger partial charge on any atom is -0.507 e. The lowest BCUT2D eigenvalue weighted by Gasteiger charge is -2.26. The smallest absolute Gasteiger partial charge is 0.303 e. The van der Waals surface area contributed by atoms with Crippen LogP contribution in [0.3, 0.4) is 0 Å². The molecule has 0 unspecified atom stereocenters. The SMILES string of the molecule is Cc1cc(CN(CCCC(=O)O)C(C)C)cc(C)c1O. The summed E-state index contributed by atoms with van der Waals surface area (Å²) in [6, 6.07) is 4.35. The molecule has 0 aromatic heterocycles. The summed E-state index contributed by atoms with van der Waals surface area (Å²) in [6.07, 6.45) is 0.862. The van der Waals surface area contributed by atoms with Gasteiger partial charge in [0.1, 0.15) is 5.75 Å². The molecule has 0 aliphatic carbocycles. The highest BCUT2D eigenvalue weighted by Crippen LogP contribution is 2.24. The van der Waals surface area contributed by atoms with Gasteiger partial charge >= 0.3 is 5.97 Å². The molecule has 0 saturated carbocycles. The molecule has 0 radical (unpaired) electrons. The molecule has 4 heteroatoms. The Kier molecular flexibility index (Phi) is 6.02. The Morgan fingerprint density at radius 1 is 1.25 bits per heavy atom. The normalized spacial score (nSPS) is 11.3. The summed E-state index contributed by atoms with van der Waals surface area (Å²) < 4.78 is 0. The number of carboxylic acid groups (broad SMARTS) is 1. The van der Waals surface area contributed by atoms with Crippen LogP contribution in [0.2, 0.25) is 0 Å². The van der Waals surface area contributed by atoms with E-state index in [1.165, 1.54) is 0 Å². The lowest BCUT2D eigenvalue weighted by atomic mass is 10.0. The lowest BCUT2D eigenvalue weighted by Crippen LogP contribution is -2.31. The van der Waals surface area contributed by atoms with Gasteiger partial charge in [0, 0.05) is 19.0 Å². The molecule has 1 aromatic rings. The third kappa shape index (κ3) is 4.85. The van der Waals surface area contributed by atoms with Crippen LogP contribution in [0.4, 0.5) is 0 Å². The molecule has 1 aromatic carbocycles. The Bertz CT molecular complexity index is 446. The van der Waals surface area contributed by atoms with Gasteiger partial charge in [0.25, 0.3) is 0 Å². The Morgan fingerprint density at radius 3 is 2.25 bits per heavy atom. The Morgan fingerprint density at radius 2 is 1.80 bits per heavy atom. The fourth-order valence-electron chi connectivity index (χ4n) is 2.32. The molecular formula is C16H25NO3. The number of aliphatic carboxylic acids is 1. The van der Waals surface area contributed by atoms with Crippen LogP contribution >= 0.6 is 0 Å². The van der Waals surface area contributed by atoms with Crippen molar-refractivity contribution in [3.05, 3.63) is 28.8 Å². The number of phenols is 1. The summed E-state index contributed by atoms with van der Waals surface area (Å²) in [5, 5.41) is 18.5. The molecule has 0 bridgehead atoms. The summed E-state index contributed by atoms with van der Waals surface area (Å²) in [5.41, 5.74) is 2.92. The molecule has 20 heavy (non-hydrogen) atoms. The van der Waals surface area contributed by atoms with Crippen LogP contribution in [0.5, 0.6) is 5.75 Å². The molecule has 1 rings (SSSR count). The molecular weight excluding hydrogens is 254 g/mol. The van der Waals surface area contributed by atoms with Crippen molar-refractivity contribution in [1.82, 2.24) is 4.90 Å². The molecule has 0 atom stereocenters. The van der Waals surface area contributed by atoms with Gasteiger partial charge < -0.3 is 10.2 Å². The molecule has 0 amide bonds. The van der Waals surface area contributed by atoms with Gasteiger partial charge in [-0.3, -0.25) is 9.69 Å². The maximum Gasteiger partial charge on any atom is 0.303 e. The van der Waals surface area contributed by atoms with E-state index in [2.05, 4.69) is 18.7 Å². The van der Waals surface area contributed by atoms with Crippen LogP contribution in [0.15, 0.2) is 12.1 Å². The fourth-order valence-corrected chi connectivity index (χ4v) is 2.32. The van der Waals surface area contributed by atoms with E-state index in [-0.39, 0.29) is 6.42 Å². The van der Waals surface area contributed by atoms with E-state index in [1.54, 1.807) is 0 Å². The standard InChI is InChI=1S/C16H25NO3/c1-11(2)17(7-5-6-15(18)19)10-14-8-12(3)16(20)13(4)9-14/h8-9,11,20H,5-7,10H2,1-4H3,(H,18,19). The van der Waals surface area contributed by atoms with Gasteiger partial charge in [0.2, 0.25) is 0 Å². The highest BCUT2D eigenvalue weighted by molar-refractivity contribution is 5.66. The minimum absolute atomic E-state index is 0.205. The number of aryl methyl sites for hydroxylation is 2. The Balaban J connectivity index is 2.73. The van der Waals surface area contributed by atoms with E-state index in [4.69, 9.17) is 5.11 Å². The average molecular weight is 279 g/mol. The number of hydrogen-bond donors (Lipinski definition) is 2. The van der Waals surface area contributed by atoms with E-state index in [0.717, 1.165) is 29.8 Å². The monoisotopic (exact) mass is 279 g/mol. The topological polar surface area (TPSA) is 60.8 Å². The van der Waals surface area contributed by atoms with E-state index < -0.39 is 5.97 Å². The molecule has 4 nitrogen and oxygen atoms in total. The van der Waals surface area contributed by atoms with Crippen molar-refractivity contribution in [3.63, 3.8) is 0 Å². The van der Waals surface area contributed by atoms with E-state index in [9.17, 15) is 9.90 Å². The molecule has 0 heterocycles. The van der Waals surface area contributed by atoms with Gasteiger partial charge in [-0.25, -0.2) is 0 Å². The third-order valence-corrected chi connectivity index (χ3v) is 3.50. The molecule has 0 fully saturated rings. The molecule has 0 aliphatic heterocycles. The van der Waals surface area contributed by atoms with Crippen molar-refractivity contribution in [1.29, 1.82) is 0 Å². The molecule has 0 saturated heterocycles. The van der Waals surface area contributed by atoms with E-state index >= 15 is 0 Å². The second-order valence-corrected chi connectivity index (χ2v) is 5.64. The van der Waals surface area contributed by atoms with Crippen molar-refractivity contribution in [2.75, 3.05) is 6.54 Å². The number of carboxylic acids is 1. The molecule has 112 valence electrons. The number of rotatable bonds is 7. The van der Waals surface area contributed by atoms with Crippen molar-refractivity contribution in [3.8, 4) is 5.75 Å². The van der Waals surface area contributed by atoms with Gasteiger partial charge in [0.05, 0.1) is 0 Å². The van der Waals surface area contributed by atoms with Gasteiger partial charge in [-0.15, -0.1) is 0 Å². The van der Waals surface area contributed by atoms with Crippen molar-refractivity contribution < 1.29 is 15.0 Å². The average Bonchev–Trinajstić information content (AvgIpc) is 2.34. The van der Waals surface area contributed by atoms with Crippen LogP contribution in [-0.2, 0) is 11.3 Å². The van der Waals surface area contributed by atoms with Crippen molar-refractivity contribution >= 4 is 5.97 Å². The summed E-state index contributed by atoms with van der Waals surface area (Å²) in [4.78, 5) is 12.8. The number of phenolic OH excluding ortho intramolecular Hbond substituents is 1. The Hall–Kier alpha value is -1.55. The number of aromatic hydroxyl groups is 1. The lowest BCUT2D eigenvalue weighted by molar-refractivity contribution is -0.137. The largest absolute Gasteiger partial charge is 0.507 e. The van der Waals surface area contributed by atoms with Crippen molar-refractivity contribution in [2.24, 2.45) is 0 Å². The van der Waals surface area contributed by atoms with Gasteiger partial charge in [-0.1, -0.05) is 12.1 Å². The highest BCUT2D eigenvalue weighted by Gasteiger charge is 2.12. The van der Waals surface area contributed by atoms with Crippen LogP contribution < -0.4 is 0 Å². The summed E-state index contributed by atoms with van der Waals surface area (Å²) >= 11 is 0. The Labute approximate surface area is 121 Å². The zero-order valence-corrected chi connectivity index (χ0v) is 12.8. The zero-order chi connectivity index (χ0) is 15.3. The number of benzene rings is 1. The molecule has 0 aliphatic rings. The maximum atomic E-state index is 10.6. The first kappa shape index (κ1) is 16.5. The fraction of sp³-hybridized carbons (Fsp3) is 0.562. The number of nitrogens with zero attached hydrogens (tertiary/aromatic N) is 1. The predicted molar refractivity (Wildman–Crippen MR) is 80.0 cm³/mol. The number of hydrogen-bond acceptors (Lipinski definition) is 3. The first-order chi connectivity index (χ1) is 9.31. The summed E-state index contributed by atoms with van der Waals surface area (Å²) in [7, 11) is 0. The van der Waals surface area contributed by atoms with Gasteiger partial charge in [0.15, 0.2) is 0 Å². The summed E-state index contributed by atoms with van der Waals surface area (Å²) in [6.45, 7) is 9.57. The van der Waals surface area contributed by atoms with E-state index in [1.807, 2.05) is 26.0 Å². The first-order valence-electron chi connectivity index (χ1n) is 7.06. The molecule has 0 spiro atoms. The minimum atomic E-state index is -0.745. The first-order valence-corrected chi connectivity index (χ1v) is 7.06. The predicted octanol–water partition coefficient (Wildman–Crippen LogP) is 3.08. The van der Waals surface area contributed by atoms with Crippen LogP contribution in [0.25, 0.3) is 0 Å². The van der Waals surface area contributed by atoms with Gasteiger partial charge in [-0.2, -0.15) is 0 Å². The second-order valence-electron chi connectivity index (χ2n) is 5.64. The van der Waals surface area contributed by atoms with E-state index in [0.29, 0.717) is 18.2 Å².